The van der Waals surface area contributed by atoms with Gasteiger partial charge >= 0.3 is 0 Å². The Morgan fingerprint density at radius 2 is 2.04 bits per heavy atom. The summed E-state index contributed by atoms with van der Waals surface area (Å²) in [6.07, 6.45) is 3.88. The Morgan fingerprint density at radius 1 is 1.22 bits per heavy atom. The van der Waals surface area contributed by atoms with Crippen LogP contribution < -0.4 is 11.1 Å². The Labute approximate surface area is 133 Å². The van der Waals surface area contributed by atoms with Crippen molar-refractivity contribution in [3.8, 4) is 11.5 Å². The van der Waals surface area contributed by atoms with Crippen molar-refractivity contribution >= 4 is 11.7 Å². The third-order valence-electron chi connectivity index (χ3n) is 3.30. The van der Waals surface area contributed by atoms with Gasteiger partial charge in [0.1, 0.15) is 12.1 Å². The number of nitrogens with one attached hydrogen (secondary N) is 1. The largest absolute Gasteiger partial charge is 0.444 e. The fourth-order valence-electron chi connectivity index (χ4n) is 2.13. The molecule has 0 radical (unpaired) electrons. The SMILES string of the molecule is NC(=O)c1ccnc(NCCc2coc(-c3ccccc3)n2)c1. The van der Waals surface area contributed by atoms with E-state index in [1.54, 1.807) is 24.6 Å². The van der Waals surface area contributed by atoms with Crippen molar-refractivity contribution in [2.45, 2.75) is 6.42 Å². The van der Waals surface area contributed by atoms with Crippen LogP contribution in [0.1, 0.15) is 16.1 Å². The van der Waals surface area contributed by atoms with E-state index in [0.29, 0.717) is 30.2 Å². The Bertz CT molecular complexity index is 799. The quantitative estimate of drug-likeness (QED) is 0.729. The Morgan fingerprint density at radius 3 is 2.83 bits per heavy atom. The third-order valence-corrected chi connectivity index (χ3v) is 3.30. The lowest BCUT2D eigenvalue weighted by Crippen LogP contribution is -2.12. The number of carbonyl (C=O) groups is 1. The molecule has 3 rings (SSSR count). The first-order chi connectivity index (χ1) is 11.2. The van der Waals surface area contributed by atoms with Crippen LogP contribution in [0.15, 0.2) is 59.3 Å². The van der Waals surface area contributed by atoms with E-state index in [0.717, 1.165) is 11.3 Å². The van der Waals surface area contributed by atoms with Crippen LogP contribution in [0.4, 0.5) is 5.82 Å². The number of aromatic nitrogens is 2. The maximum Gasteiger partial charge on any atom is 0.248 e. The summed E-state index contributed by atoms with van der Waals surface area (Å²) < 4.78 is 5.49. The summed E-state index contributed by atoms with van der Waals surface area (Å²) in [5.41, 5.74) is 7.47. The van der Waals surface area contributed by atoms with Crippen molar-refractivity contribution in [1.29, 1.82) is 0 Å². The zero-order valence-corrected chi connectivity index (χ0v) is 12.4. The molecule has 0 saturated carbocycles. The number of rotatable bonds is 6. The van der Waals surface area contributed by atoms with E-state index >= 15 is 0 Å². The molecule has 0 spiro atoms. The van der Waals surface area contributed by atoms with Gasteiger partial charge in [0.05, 0.1) is 5.69 Å². The van der Waals surface area contributed by atoms with Crippen LogP contribution in [0, 0.1) is 0 Å². The molecular weight excluding hydrogens is 292 g/mol. The van der Waals surface area contributed by atoms with Crippen molar-refractivity contribution in [1.82, 2.24) is 9.97 Å². The molecule has 3 aromatic rings. The number of primary amides is 1. The Kier molecular flexibility index (Phi) is 4.33. The molecule has 0 aliphatic rings. The first kappa shape index (κ1) is 14.8. The van der Waals surface area contributed by atoms with Crippen LogP contribution in [-0.4, -0.2) is 22.4 Å². The number of anilines is 1. The van der Waals surface area contributed by atoms with Gasteiger partial charge in [0.2, 0.25) is 11.8 Å². The first-order valence-electron chi connectivity index (χ1n) is 7.22. The maximum absolute atomic E-state index is 11.1. The molecule has 2 heterocycles. The average Bonchev–Trinajstić information content (AvgIpc) is 3.05. The molecule has 23 heavy (non-hydrogen) atoms. The number of oxazole rings is 1. The number of nitrogens with zero attached hydrogens (tertiary/aromatic N) is 2. The second-order valence-electron chi connectivity index (χ2n) is 4.98. The summed E-state index contributed by atoms with van der Waals surface area (Å²) in [7, 11) is 0. The predicted molar refractivity (Wildman–Crippen MR) is 86.9 cm³/mol. The molecule has 6 heteroatoms. The van der Waals surface area contributed by atoms with E-state index < -0.39 is 5.91 Å². The molecule has 0 aliphatic heterocycles. The van der Waals surface area contributed by atoms with Crippen LogP contribution in [0.3, 0.4) is 0 Å². The molecule has 0 saturated heterocycles. The zero-order chi connectivity index (χ0) is 16.1. The number of hydrogen-bond acceptors (Lipinski definition) is 5. The Hall–Kier alpha value is -3.15. The molecule has 3 N–H and O–H groups in total. The van der Waals surface area contributed by atoms with Crippen LogP contribution in [0.25, 0.3) is 11.5 Å². The second-order valence-corrected chi connectivity index (χ2v) is 4.98. The molecule has 2 aromatic heterocycles. The van der Waals surface area contributed by atoms with E-state index in [1.165, 1.54) is 0 Å². The number of nitrogens with two attached hydrogens (primary N) is 1. The van der Waals surface area contributed by atoms with Crippen LogP contribution >= 0.6 is 0 Å². The standard InChI is InChI=1S/C17H16N4O2/c18-16(22)13-6-8-19-15(10-13)20-9-7-14-11-23-17(21-14)12-4-2-1-3-5-12/h1-6,8,10-11H,7,9H2,(H2,18,22)(H,19,20). The fourth-order valence-corrected chi connectivity index (χ4v) is 2.13. The minimum Gasteiger partial charge on any atom is -0.444 e. The summed E-state index contributed by atoms with van der Waals surface area (Å²) >= 11 is 0. The fraction of sp³-hybridized carbons (Fsp3) is 0.118. The lowest BCUT2D eigenvalue weighted by Gasteiger charge is -2.04. The third kappa shape index (κ3) is 3.74. The van der Waals surface area contributed by atoms with Gasteiger partial charge in [0, 0.05) is 30.3 Å². The highest BCUT2D eigenvalue weighted by Gasteiger charge is 2.06. The smallest absolute Gasteiger partial charge is 0.248 e. The number of hydrogen-bond donors (Lipinski definition) is 2. The highest BCUT2D eigenvalue weighted by molar-refractivity contribution is 5.93. The number of carbonyl (C=O) groups excluding carboxylic acids is 1. The molecule has 1 amide bonds. The molecule has 116 valence electrons. The first-order valence-corrected chi connectivity index (χ1v) is 7.22. The lowest BCUT2D eigenvalue weighted by molar-refractivity contribution is 0.1000. The molecule has 0 atom stereocenters. The van der Waals surface area contributed by atoms with Gasteiger partial charge in [0.15, 0.2) is 0 Å². The van der Waals surface area contributed by atoms with Gasteiger partial charge in [-0.25, -0.2) is 9.97 Å². The molecule has 1 aromatic carbocycles. The van der Waals surface area contributed by atoms with E-state index in [2.05, 4.69) is 15.3 Å². The van der Waals surface area contributed by atoms with Crippen LogP contribution in [0.5, 0.6) is 0 Å². The van der Waals surface area contributed by atoms with Crippen molar-refractivity contribution in [3.63, 3.8) is 0 Å². The molecule has 0 bridgehead atoms. The number of benzene rings is 1. The van der Waals surface area contributed by atoms with Gasteiger partial charge in [-0.1, -0.05) is 18.2 Å². The molecular formula is C17H16N4O2. The van der Waals surface area contributed by atoms with Gasteiger partial charge in [-0.05, 0) is 24.3 Å². The highest BCUT2D eigenvalue weighted by atomic mass is 16.3. The van der Waals surface area contributed by atoms with E-state index in [1.807, 2.05) is 30.3 Å². The summed E-state index contributed by atoms with van der Waals surface area (Å²) in [6, 6.07) is 12.9. The summed E-state index contributed by atoms with van der Waals surface area (Å²) in [4.78, 5) is 19.7. The summed E-state index contributed by atoms with van der Waals surface area (Å²) in [6.45, 7) is 0.621. The Balaban J connectivity index is 1.58. The average molecular weight is 308 g/mol. The molecule has 0 unspecified atom stereocenters. The van der Waals surface area contributed by atoms with Crippen molar-refractivity contribution in [2.75, 3.05) is 11.9 Å². The zero-order valence-electron chi connectivity index (χ0n) is 12.4. The second kappa shape index (κ2) is 6.74. The van der Waals surface area contributed by atoms with Crippen LogP contribution in [0.2, 0.25) is 0 Å². The number of pyridine rings is 1. The van der Waals surface area contributed by atoms with Crippen LogP contribution in [-0.2, 0) is 6.42 Å². The van der Waals surface area contributed by atoms with Gasteiger partial charge in [-0.2, -0.15) is 0 Å². The predicted octanol–water partition coefficient (Wildman–Crippen LogP) is 2.49. The number of amides is 1. The lowest BCUT2D eigenvalue weighted by atomic mass is 10.2. The molecule has 6 nitrogen and oxygen atoms in total. The minimum absolute atomic E-state index is 0.426. The summed E-state index contributed by atoms with van der Waals surface area (Å²) in [5, 5.41) is 3.14. The molecule has 0 fully saturated rings. The highest BCUT2D eigenvalue weighted by Crippen LogP contribution is 2.18. The van der Waals surface area contributed by atoms with Crippen molar-refractivity contribution in [3.05, 3.63) is 66.2 Å². The molecule has 0 aliphatic carbocycles. The van der Waals surface area contributed by atoms with Crippen molar-refractivity contribution in [2.24, 2.45) is 5.73 Å². The summed E-state index contributed by atoms with van der Waals surface area (Å²) in [5.74, 6) is 0.738. The van der Waals surface area contributed by atoms with Gasteiger partial charge in [-0.15, -0.1) is 0 Å². The van der Waals surface area contributed by atoms with Crippen molar-refractivity contribution < 1.29 is 9.21 Å². The monoisotopic (exact) mass is 308 g/mol. The topological polar surface area (TPSA) is 94.0 Å². The van der Waals surface area contributed by atoms with E-state index in [-0.39, 0.29) is 0 Å². The van der Waals surface area contributed by atoms with E-state index in [9.17, 15) is 4.79 Å². The van der Waals surface area contributed by atoms with Gasteiger partial charge in [0.25, 0.3) is 0 Å². The van der Waals surface area contributed by atoms with Gasteiger partial charge in [-0.3, -0.25) is 4.79 Å². The van der Waals surface area contributed by atoms with Gasteiger partial charge < -0.3 is 15.5 Å². The maximum atomic E-state index is 11.1. The normalized spacial score (nSPS) is 10.4. The van der Waals surface area contributed by atoms with E-state index in [4.69, 9.17) is 10.2 Å². The minimum atomic E-state index is -0.473.